The van der Waals surface area contributed by atoms with Gasteiger partial charge < -0.3 is 15.0 Å². The van der Waals surface area contributed by atoms with E-state index in [0.717, 1.165) is 44.9 Å². The number of nitrogens with one attached hydrogen (secondary N) is 1. The summed E-state index contributed by atoms with van der Waals surface area (Å²) in [6.45, 7) is 10.9. The maximum absolute atomic E-state index is 5.19. The summed E-state index contributed by atoms with van der Waals surface area (Å²) >= 11 is 0. The maximum Gasteiger partial charge on any atom is 0.131 e. The van der Waals surface area contributed by atoms with Gasteiger partial charge in [0.05, 0.1) is 12.3 Å². The lowest BCUT2D eigenvalue weighted by molar-refractivity contribution is 0.205. The van der Waals surface area contributed by atoms with Gasteiger partial charge in [0.1, 0.15) is 5.82 Å². The third-order valence-electron chi connectivity index (χ3n) is 3.29. The van der Waals surface area contributed by atoms with E-state index in [1.54, 1.807) is 7.11 Å². The first-order chi connectivity index (χ1) is 9.15. The summed E-state index contributed by atoms with van der Waals surface area (Å²) in [5, 5.41) is 8.03. The highest BCUT2D eigenvalue weighted by Crippen LogP contribution is 2.22. The summed E-state index contributed by atoms with van der Waals surface area (Å²) in [7, 11) is 3.76. The van der Waals surface area contributed by atoms with Crippen molar-refractivity contribution in [3.05, 3.63) is 11.3 Å². The van der Waals surface area contributed by atoms with Crippen molar-refractivity contribution in [1.82, 2.24) is 15.1 Å². The Morgan fingerprint density at radius 2 is 2.11 bits per heavy atom. The molecule has 0 saturated carbocycles. The van der Waals surface area contributed by atoms with E-state index in [9.17, 15) is 0 Å². The monoisotopic (exact) mass is 268 g/mol. The van der Waals surface area contributed by atoms with Crippen molar-refractivity contribution in [2.45, 2.75) is 33.7 Å². The van der Waals surface area contributed by atoms with Crippen LogP contribution in [0.25, 0.3) is 0 Å². The second-order valence-corrected chi connectivity index (χ2v) is 4.76. The van der Waals surface area contributed by atoms with E-state index in [1.807, 2.05) is 11.7 Å². The molecular weight excluding hydrogens is 240 g/mol. The number of nitrogens with zero attached hydrogens (tertiary/aromatic N) is 3. The molecule has 1 heterocycles. The van der Waals surface area contributed by atoms with Crippen LogP contribution in [0.15, 0.2) is 0 Å². The van der Waals surface area contributed by atoms with Crippen LogP contribution in [0.4, 0.5) is 5.82 Å². The molecule has 0 fully saturated rings. The predicted octanol–water partition coefficient (Wildman–Crippen LogP) is 1.70. The van der Waals surface area contributed by atoms with Gasteiger partial charge in [-0.25, -0.2) is 0 Å². The quantitative estimate of drug-likeness (QED) is 0.692. The Morgan fingerprint density at radius 3 is 2.68 bits per heavy atom. The first-order valence-corrected chi connectivity index (χ1v) is 7.12. The van der Waals surface area contributed by atoms with Gasteiger partial charge >= 0.3 is 0 Å². The molecule has 0 spiro atoms. The first kappa shape index (κ1) is 16.0. The Morgan fingerprint density at radius 1 is 1.37 bits per heavy atom. The molecule has 0 aliphatic heterocycles. The number of methoxy groups -OCH3 is 1. The smallest absolute Gasteiger partial charge is 0.131 e. The molecule has 0 unspecified atom stereocenters. The van der Waals surface area contributed by atoms with Crippen LogP contribution in [0.5, 0.6) is 0 Å². The SMILES string of the molecule is CCCNCc1c(C)nn(C)c1N(CC)CCOC. The number of rotatable bonds is 9. The molecule has 0 saturated heterocycles. The highest BCUT2D eigenvalue weighted by Gasteiger charge is 2.17. The van der Waals surface area contributed by atoms with Gasteiger partial charge in [0.2, 0.25) is 0 Å². The van der Waals surface area contributed by atoms with Gasteiger partial charge in [0.15, 0.2) is 0 Å². The summed E-state index contributed by atoms with van der Waals surface area (Å²) in [6, 6.07) is 0. The van der Waals surface area contributed by atoms with E-state index in [0.29, 0.717) is 0 Å². The standard InChI is InChI=1S/C14H28N4O/c1-6-8-15-11-13-12(3)16-17(4)14(13)18(7-2)9-10-19-5/h15H,6-11H2,1-5H3. The molecule has 5 heteroatoms. The summed E-state index contributed by atoms with van der Waals surface area (Å²) < 4.78 is 7.18. The number of aryl methyl sites for hydroxylation is 2. The molecule has 1 rings (SSSR count). The molecule has 0 aromatic carbocycles. The molecule has 5 nitrogen and oxygen atoms in total. The molecule has 1 aromatic heterocycles. The Balaban J connectivity index is 2.89. The van der Waals surface area contributed by atoms with Crippen molar-refractivity contribution in [2.75, 3.05) is 38.3 Å². The van der Waals surface area contributed by atoms with Crippen molar-refractivity contribution in [1.29, 1.82) is 0 Å². The fourth-order valence-electron chi connectivity index (χ4n) is 2.30. The zero-order chi connectivity index (χ0) is 14.3. The van der Waals surface area contributed by atoms with Crippen LogP contribution in [0.2, 0.25) is 0 Å². The third kappa shape index (κ3) is 4.21. The minimum atomic E-state index is 0.736. The number of hydrogen-bond donors (Lipinski definition) is 1. The zero-order valence-corrected chi connectivity index (χ0v) is 13.0. The van der Waals surface area contributed by atoms with E-state index < -0.39 is 0 Å². The van der Waals surface area contributed by atoms with Crippen molar-refractivity contribution >= 4 is 5.82 Å². The van der Waals surface area contributed by atoms with E-state index in [-0.39, 0.29) is 0 Å². The van der Waals surface area contributed by atoms with Gasteiger partial charge in [-0.15, -0.1) is 0 Å². The minimum absolute atomic E-state index is 0.736. The number of ether oxygens (including phenoxy) is 1. The van der Waals surface area contributed by atoms with Crippen molar-refractivity contribution in [3.8, 4) is 0 Å². The van der Waals surface area contributed by atoms with E-state index >= 15 is 0 Å². The fraction of sp³-hybridized carbons (Fsp3) is 0.786. The molecule has 0 radical (unpaired) electrons. The van der Waals surface area contributed by atoms with Gasteiger partial charge in [-0.2, -0.15) is 5.10 Å². The van der Waals surface area contributed by atoms with E-state index in [4.69, 9.17) is 4.74 Å². The molecule has 110 valence electrons. The van der Waals surface area contributed by atoms with Crippen LogP contribution in [-0.2, 0) is 18.3 Å². The Labute approximate surface area is 116 Å². The van der Waals surface area contributed by atoms with Gasteiger partial charge in [0.25, 0.3) is 0 Å². The van der Waals surface area contributed by atoms with Crippen LogP contribution in [-0.4, -0.2) is 43.1 Å². The second-order valence-electron chi connectivity index (χ2n) is 4.76. The van der Waals surface area contributed by atoms with Crippen LogP contribution in [0, 0.1) is 6.92 Å². The van der Waals surface area contributed by atoms with Gasteiger partial charge in [0, 0.05) is 39.4 Å². The average molecular weight is 268 g/mol. The van der Waals surface area contributed by atoms with E-state index in [2.05, 4.69) is 36.1 Å². The first-order valence-electron chi connectivity index (χ1n) is 7.12. The zero-order valence-electron chi connectivity index (χ0n) is 13.0. The van der Waals surface area contributed by atoms with Crippen molar-refractivity contribution in [3.63, 3.8) is 0 Å². The van der Waals surface area contributed by atoms with Crippen LogP contribution in [0.3, 0.4) is 0 Å². The lowest BCUT2D eigenvalue weighted by atomic mass is 10.2. The van der Waals surface area contributed by atoms with Gasteiger partial charge in [-0.05, 0) is 26.8 Å². The normalized spacial score (nSPS) is 11.0. The topological polar surface area (TPSA) is 42.3 Å². The molecule has 0 amide bonds. The Bertz CT molecular complexity index is 376. The summed E-state index contributed by atoms with van der Waals surface area (Å²) in [5.74, 6) is 1.21. The highest BCUT2D eigenvalue weighted by molar-refractivity contribution is 5.50. The predicted molar refractivity (Wildman–Crippen MR) is 79.7 cm³/mol. The number of aromatic nitrogens is 2. The largest absolute Gasteiger partial charge is 0.383 e. The van der Waals surface area contributed by atoms with Gasteiger partial charge in [-0.3, -0.25) is 4.68 Å². The van der Waals surface area contributed by atoms with Crippen LogP contribution >= 0.6 is 0 Å². The second kappa shape index (κ2) is 8.17. The molecule has 1 aromatic rings. The summed E-state index contributed by atoms with van der Waals surface area (Å²) in [5.41, 5.74) is 2.41. The number of anilines is 1. The van der Waals surface area contributed by atoms with E-state index in [1.165, 1.54) is 11.4 Å². The van der Waals surface area contributed by atoms with Crippen molar-refractivity contribution in [2.24, 2.45) is 7.05 Å². The molecule has 0 aliphatic carbocycles. The third-order valence-corrected chi connectivity index (χ3v) is 3.29. The van der Waals surface area contributed by atoms with Crippen molar-refractivity contribution < 1.29 is 4.74 Å². The Kier molecular flexibility index (Phi) is 6.87. The lowest BCUT2D eigenvalue weighted by Gasteiger charge is -2.24. The fourth-order valence-corrected chi connectivity index (χ4v) is 2.30. The molecule has 19 heavy (non-hydrogen) atoms. The van der Waals surface area contributed by atoms with Crippen LogP contribution < -0.4 is 10.2 Å². The summed E-state index contributed by atoms with van der Waals surface area (Å²) in [6.07, 6.45) is 1.15. The molecule has 0 atom stereocenters. The lowest BCUT2D eigenvalue weighted by Crippen LogP contribution is -2.30. The van der Waals surface area contributed by atoms with Crippen LogP contribution in [0.1, 0.15) is 31.5 Å². The molecule has 0 aliphatic rings. The maximum atomic E-state index is 5.19. The Hall–Kier alpha value is -1.07. The highest BCUT2D eigenvalue weighted by atomic mass is 16.5. The molecule has 1 N–H and O–H groups in total. The molecule has 0 bridgehead atoms. The number of likely N-dealkylation sites (N-methyl/N-ethyl adjacent to an activating group) is 1. The minimum Gasteiger partial charge on any atom is -0.383 e. The summed E-state index contributed by atoms with van der Waals surface area (Å²) in [4.78, 5) is 2.33. The average Bonchev–Trinajstić information content (AvgIpc) is 2.67. The van der Waals surface area contributed by atoms with Gasteiger partial charge in [-0.1, -0.05) is 6.92 Å². The number of hydrogen-bond acceptors (Lipinski definition) is 4. The molecular formula is C14H28N4O.